The lowest BCUT2D eigenvalue weighted by molar-refractivity contribution is -0.128. The maximum absolute atomic E-state index is 11.9. The van der Waals surface area contributed by atoms with E-state index in [2.05, 4.69) is 5.32 Å². The molecule has 0 aliphatic rings. The van der Waals surface area contributed by atoms with Crippen LogP contribution in [0.3, 0.4) is 0 Å². The Kier molecular flexibility index (Phi) is 6.82. The number of amides is 2. The lowest BCUT2D eigenvalue weighted by Crippen LogP contribution is -2.32. The van der Waals surface area contributed by atoms with Crippen LogP contribution in [-0.2, 0) is 4.79 Å². The molecule has 1 aromatic rings. The summed E-state index contributed by atoms with van der Waals surface area (Å²) in [6.45, 7) is 5.23. The lowest BCUT2D eigenvalue weighted by Gasteiger charge is -2.18. The second-order valence-electron chi connectivity index (χ2n) is 4.31. The topological polar surface area (TPSA) is 49.4 Å². The van der Waals surface area contributed by atoms with E-state index in [1.54, 1.807) is 23.1 Å². The number of hydrogen-bond acceptors (Lipinski definition) is 2. The van der Waals surface area contributed by atoms with E-state index in [9.17, 15) is 9.59 Å². The summed E-state index contributed by atoms with van der Waals surface area (Å²) in [6, 6.07) is 4.93. The van der Waals surface area contributed by atoms with Gasteiger partial charge in [-0.05, 0) is 25.5 Å². The molecular formula is C14H18Cl2N2O2. The van der Waals surface area contributed by atoms with E-state index in [1.807, 2.05) is 6.92 Å². The smallest absolute Gasteiger partial charge is 0.252 e. The average molecular weight is 317 g/mol. The fourth-order valence-electron chi connectivity index (χ4n) is 1.78. The van der Waals surface area contributed by atoms with Crippen LogP contribution >= 0.6 is 23.2 Å². The van der Waals surface area contributed by atoms with Crippen molar-refractivity contribution in [3.05, 3.63) is 33.8 Å². The zero-order valence-corrected chi connectivity index (χ0v) is 13.1. The maximum atomic E-state index is 11.9. The summed E-state index contributed by atoms with van der Waals surface area (Å²) in [5.74, 6) is -0.222. The first kappa shape index (κ1) is 16.8. The van der Waals surface area contributed by atoms with Gasteiger partial charge in [0, 0.05) is 26.6 Å². The van der Waals surface area contributed by atoms with Crippen molar-refractivity contribution in [1.29, 1.82) is 0 Å². The molecule has 4 nitrogen and oxygen atoms in total. The van der Waals surface area contributed by atoms with Crippen LogP contribution in [0.15, 0.2) is 18.2 Å². The van der Waals surface area contributed by atoms with Gasteiger partial charge in [0.25, 0.3) is 5.91 Å². The van der Waals surface area contributed by atoms with Gasteiger partial charge in [0.05, 0.1) is 15.6 Å². The summed E-state index contributed by atoms with van der Waals surface area (Å²) >= 11 is 11.8. The summed E-state index contributed by atoms with van der Waals surface area (Å²) in [5.41, 5.74) is 0.359. The van der Waals surface area contributed by atoms with Crippen LogP contribution in [0.2, 0.25) is 10.0 Å². The van der Waals surface area contributed by atoms with Crippen LogP contribution in [0.1, 0.15) is 30.6 Å². The first-order valence-electron chi connectivity index (χ1n) is 6.45. The number of carbonyl (C=O) groups excluding carboxylic acids is 2. The van der Waals surface area contributed by atoms with E-state index in [0.717, 1.165) is 0 Å². The Morgan fingerprint density at radius 2 is 2.00 bits per heavy atom. The molecule has 0 aliphatic carbocycles. The molecule has 0 atom stereocenters. The molecule has 0 fully saturated rings. The van der Waals surface area contributed by atoms with E-state index in [1.165, 1.54) is 6.92 Å². The summed E-state index contributed by atoms with van der Waals surface area (Å²) < 4.78 is 0. The Morgan fingerprint density at radius 1 is 1.30 bits per heavy atom. The molecule has 0 spiro atoms. The fraction of sp³-hybridized carbons (Fsp3) is 0.429. The van der Waals surface area contributed by atoms with Crippen molar-refractivity contribution in [3.8, 4) is 0 Å². The normalized spacial score (nSPS) is 10.2. The van der Waals surface area contributed by atoms with Crippen LogP contribution in [-0.4, -0.2) is 36.3 Å². The standard InChI is InChI=1S/C14H18Cl2N2O2/c1-3-18(10(2)19)9-5-8-17-14(20)11-6-4-7-12(15)13(11)16/h4,6-7H,3,5,8-9H2,1-2H3,(H,17,20). The second-order valence-corrected chi connectivity index (χ2v) is 5.09. The number of nitrogens with one attached hydrogen (secondary N) is 1. The maximum Gasteiger partial charge on any atom is 0.252 e. The number of rotatable bonds is 6. The number of nitrogens with zero attached hydrogens (tertiary/aromatic N) is 1. The molecule has 0 heterocycles. The van der Waals surface area contributed by atoms with E-state index >= 15 is 0 Å². The molecule has 1 rings (SSSR count). The SMILES string of the molecule is CCN(CCCNC(=O)c1cccc(Cl)c1Cl)C(C)=O. The molecule has 0 aromatic heterocycles. The highest BCUT2D eigenvalue weighted by Crippen LogP contribution is 2.25. The minimum absolute atomic E-state index is 0.0386. The summed E-state index contributed by atoms with van der Waals surface area (Å²) in [6.07, 6.45) is 0.692. The van der Waals surface area contributed by atoms with Crippen molar-refractivity contribution in [2.24, 2.45) is 0 Å². The Bertz CT molecular complexity index is 492. The van der Waals surface area contributed by atoms with Gasteiger partial charge in [0.2, 0.25) is 5.91 Å². The van der Waals surface area contributed by atoms with Crippen molar-refractivity contribution < 1.29 is 9.59 Å². The predicted molar refractivity (Wildman–Crippen MR) is 81.3 cm³/mol. The summed E-state index contributed by atoms with van der Waals surface area (Å²) in [4.78, 5) is 24.9. The van der Waals surface area contributed by atoms with E-state index < -0.39 is 0 Å². The van der Waals surface area contributed by atoms with E-state index in [0.29, 0.717) is 36.6 Å². The van der Waals surface area contributed by atoms with Gasteiger partial charge in [-0.1, -0.05) is 29.3 Å². The Hall–Kier alpha value is -1.26. The predicted octanol–water partition coefficient (Wildman–Crippen LogP) is 2.98. The van der Waals surface area contributed by atoms with Crippen molar-refractivity contribution in [1.82, 2.24) is 10.2 Å². The minimum atomic E-state index is -0.261. The van der Waals surface area contributed by atoms with Crippen LogP contribution in [0.5, 0.6) is 0 Å². The van der Waals surface area contributed by atoms with Gasteiger partial charge in [-0.25, -0.2) is 0 Å². The number of halogens is 2. The zero-order chi connectivity index (χ0) is 15.1. The van der Waals surface area contributed by atoms with Crippen molar-refractivity contribution in [3.63, 3.8) is 0 Å². The zero-order valence-electron chi connectivity index (χ0n) is 11.6. The first-order chi connectivity index (χ1) is 9.47. The molecule has 0 saturated heterocycles. The van der Waals surface area contributed by atoms with Crippen molar-refractivity contribution in [2.45, 2.75) is 20.3 Å². The Morgan fingerprint density at radius 3 is 2.60 bits per heavy atom. The van der Waals surface area contributed by atoms with Gasteiger partial charge in [-0.2, -0.15) is 0 Å². The highest BCUT2D eigenvalue weighted by molar-refractivity contribution is 6.43. The van der Waals surface area contributed by atoms with Gasteiger partial charge >= 0.3 is 0 Å². The molecule has 2 amide bonds. The fourth-order valence-corrected chi connectivity index (χ4v) is 2.17. The molecule has 1 N–H and O–H groups in total. The third kappa shape index (κ3) is 4.69. The van der Waals surface area contributed by atoms with Crippen LogP contribution in [0, 0.1) is 0 Å². The number of hydrogen-bond donors (Lipinski definition) is 1. The summed E-state index contributed by atoms with van der Waals surface area (Å²) in [5, 5.41) is 3.38. The molecule has 0 radical (unpaired) electrons. The van der Waals surface area contributed by atoms with Crippen LogP contribution in [0.4, 0.5) is 0 Å². The van der Waals surface area contributed by atoms with E-state index in [4.69, 9.17) is 23.2 Å². The summed E-state index contributed by atoms with van der Waals surface area (Å²) in [7, 11) is 0. The molecule has 0 aliphatic heterocycles. The van der Waals surface area contributed by atoms with Gasteiger partial charge < -0.3 is 10.2 Å². The van der Waals surface area contributed by atoms with Crippen molar-refractivity contribution >= 4 is 35.0 Å². The van der Waals surface area contributed by atoms with Crippen molar-refractivity contribution in [2.75, 3.05) is 19.6 Å². The largest absolute Gasteiger partial charge is 0.352 e. The lowest BCUT2D eigenvalue weighted by atomic mass is 10.2. The van der Waals surface area contributed by atoms with Gasteiger partial charge in [0.1, 0.15) is 0 Å². The van der Waals surface area contributed by atoms with Gasteiger partial charge in [0.15, 0.2) is 0 Å². The minimum Gasteiger partial charge on any atom is -0.352 e. The van der Waals surface area contributed by atoms with Crippen LogP contribution in [0.25, 0.3) is 0 Å². The molecule has 20 heavy (non-hydrogen) atoms. The van der Waals surface area contributed by atoms with Gasteiger partial charge in [-0.3, -0.25) is 9.59 Å². The molecule has 110 valence electrons. The number of carbonyl (C=O) groups is 2. The first-order valence-corrected chi connectivity index (χ1v) is 7.20. The highest BCUT2D eigenvalue weighted by atomic mass is 35.5. The number of benzene rings is 1. The molecule has 0 saturated carbocycles. The quantitative estimate of drug-likeness (QED) is 0.820. The Labute approximate surface area is 129 Å². The molecule has 0 unspecified atom stereocenters. The highest BCUT2D eigenvalue weighted by Gasteiger charge is 2.12. The average Bonchev–Trinajstić information content (AvgIpc) is 2.41. The molecular weight excluding hydrogens is 299 g/mol. The van der Waals surface area contributed by atoms with Gasteiger partial charge in [-0.15, -0.1) is 0 Å². The van der Waals surface area contributed by atoms with E-state index in [-0.39, 0.29) is 16.8 Å². The monoisotopic (exact) mass is 316 g/mol. The molecule has 6 heteroatoms. The second kappa shape index (κ2) is 8.12. The molecule has 1 aromatic carbocycles. The molecule has 0 bridgehead atoms. The van der Waals surface area contributed by atoms with Crippen LogP contribution < -0.4 is 5.32 Å². The third-order valence-corrected chi connectivity index (χ3v) is 3.73. The Balaban J connectivity index is 2.44. The third-order valence-electron chi connectivity index (χ3n) is 2.91.